The van der Waals surface area contributed by atoms with Crippen LogP contribution in [0.3, 0.4) is 0 Å². The lowest BCUT2D eigenvalue weighted by Crippen LogP contribution is -2.38. The molecule has 10 heteroatoms. The van der Waals surface area contributed by atoms with E-state index in [0.717, 1.165) is 17.2 Å². The fraction of sp³-hybridized carbons (Fsp3) is 0.156. The van der Waals surface area contributed by atoms with Gasteiger partial charge in [-0.2, -0.15) is 13.2 Å². The number of hydrogen-bond donors (Lipinski definition) is 2. The first-order valence-electron chi connectivity index (χ1n) is 12.9. The molecule has 0 bridgehead atoms. The van der Waals surface area contributed by atoms with Gasteiger partial charge in [0.1, 0.15) is 13.2 Å². The van der Waals surface area contributed by atoms with E-state index in [0.29, 0.717) is 0 Å². The van der Waals surface area contributed by atoms with Crippen molar-refractivity contribution >= 4 is 23.5 Å². The minimum atomic E-state index is -4.61. The second-order valence-electron chi connectivity index (χ2n) is 9.38. The molecule has 4 aromatic carbocycles. The Hall–Kier alpha value is -4.96. The Morgan fingerprint density at radius 3 is 1.69 bits per heavy atom. The largest absolute Gasteiger partial charge is 0.457 e. The lowest BCUT2D eigenvalue weighted by Gasteiger charge is -2.17. The molecule has 216 valence electrons. The molecule has 4 aromatic rings. The molecule has 0 saturated carbocycles. The lowest BCUT2D eigenvalue weighted by molar-refractivity contribution is -0.138. The number of hydrogen-bond acceptors (Lipinski definition) is 6. The average molecular weight is 577 g/mol. The van der Waals surface area contributed by atoms with Crippen molar-refractivity contribution in [1.29, 1.82) is 0 Å². The van der Waals surface area contributed by atoms with Gasteiger partial charge in [-0.25, -0.2) is 9.59 Å². The van der Waals surface area contributed by atoms with Crippen LogP contribution in [0.25, 0.3) is 0 Å². The van der Waals surface area contributed by atoms with Crippen molar-refractivity contribution in [1.82, 2.24) is 0 Å². The Kier molecular flexibility index (Phi) is 9.72. The van der Waals surface area contributed by atoms with E-state index >= 15 is 0 Å². The highest BCUT2D eigenvalue weighted by molar-refractivity contribution is 6.00. The second-order valence-corrected chi connectivity index (χ2v) is 9.38. The van der Waals surface area contributed by atoms with Gasteiger partial charge in [0.2, 0.25) is 5.91 Å². The van der Waals surface area contributed by atoms with Crippen LogP contribution in [0.5, 0.6) is 0 Å². The lowest BCUT2D eigenvalue weighted by atomic mass is 9.99. The number of ether oxygens (including phenoxy) is 2. The zero-order valence-electron chi connectivity index (χ0n) is 22.3. The third kappa shape index (κ3) is 8.28. The number of carbonyl (C=O) groups is 3. The van der Waals surface area contributed by atoms with Crippen molar-refractivity contribution in [2.45, 2.75) is 31.9 Å². The van der Waals surface area contributed by atoms with Crippen molar-refractivity contribution in [3.8, 4) is 0 Å². The summed E-state index contributed by atoms with van der Waals surface area (Å²) in [4.78, 5) is 38.7. The Labute approximate surface area is 240 Å². The predicted octanol–water partition coefficient (Wildman–Crippen LogP) is 5.93. The van der Waals surface area contributed by atoms with Gasteiger partial charge in [-0.3, -0.25) is 4.79 Å². The molecule has 4 rings (SSSR count). The Balaban J connectivity index is 1.53. The molecule has 0 aliphatic heterocycles. The quantitative estimate of drug-likeness (QED) is 0.227. The summed E-state index contributed by atoms with van der Waals surface area (Å²) in [5.41, 5.74) is 6.33. The van der Waals surface area contributed by atoms with Crippen molar-refractivity contribution in [2.75, 3.05) is 5.32 Å². The van der Waals surface area contributed by atoms with Crippen molar-refractivity contribution in [3.05, 3.63) is 137 Å². The number of benzene rings is 4. The topological polar surface area (TPSA) is 108 Å². The van der Waals surface area contributed by atoms with Gasteiger partial charge >= 0.3 is 18.1 Å². The number of anilines is 1. The molecule has 0 radical (unpaired) electrons. The molecule has 0 aliphatic carbocycles. The minimum absolute atomic E-state index is 0.0142. The maximum absolute atomic E-state index is 13.4. The van der Waals surface area contributed by atoms with E-state index in [2.05, 4.69) is 5.32 Å². The van der Waals surface area contributed by atoms with Crippen molar-refractivity contribution in [2.24, 2.45) is 5.73 Å². The van der Waals surface area contributed by atoms with Gasteiger partial charge in [-0.05, 0) is 47.4 Å². The van der Waals surface area contributed by atoms with Gasteiger partial charge < -0.3 is 20.5 Å². The summed E-state index contributed by atoms with van der Waals surface area (Å²) in [5.74, 6) is -2.35. The number of esters is 2. The van der Waals surface area contributed by atoms with Gasteiger partial charge in [0.05, 0.1) is 22.7 Å². The van der Waals surface area contributed by atoms with Gasteiger partial charge in [0.15, 0.2) is 0 Å². The summed E-state index contributed by atoms with van der Waals surface area (Å²) >= 11 is 0. The van der Waals surface area contributed by atoms with Crippen LogP contribution in [0.4, 0.5) is 18.9 Å². The second kappa shape index (κ2) is 13.6. The van der Waals surface area contributed by atoms with Gasteiger partial charge in [0, 0.05) is 5.69 Å². The fourth-order valence-electron chi connectivity index (χ4n) is 4.09. The molecular formula is C32H27F3N2O5. The average Bonchev–Trinajstić information content (AvgIpc) is 2.99. The Morgan fingerprint density at radius 2 is 1.19 bits per heavy atom. The Bertz CT molecular complexity index is 1470. The molecule has 1 unspecified atom stereocenters. The van der Waals surface area contributed by atoms with Crippen LogP contribution in [-0.2, 0) is 40.1 Å². The van der Waals surface area contributed by atoms with Crippen LogP contribution < -0.4 is 11.1 Å². The third-order valence-corrected chi connectivity index (χ3v) is 6.20. The minimum Gasteiger partial charge on any atom is -0.457 e. The fourth-order valence-corrected chi connectivity index (χ4v) is 4.09. The molecule has 0 spiro atoms. The third-order valence-electron chi connectivity index (χ3n) is 6.20. The van der Waals surface area contributed by atoms with E-state index in [9.17, 15) is 27.6 Å². The highest BCUT2D eigenvalue weighted by atomic mass is 19.4. The maximum Gasteiger partial charge on any atom is 0.416 e. The highest BCUT2D eigenvalue weighted by Gasteiger charge is 2.33. The highest BCUT2D eigenvalue weighted by Crippen LogP contribution is 2.32. The number of amides is 1. The van der Waals surface area contributed by atoms with Gasteiger partial charge in [-0.1, -0.05) is 78.9 Å². The molecule has 1 atom stereocenters. The molecule has 7 nitrogen and oxygen atoms in total. The van der Waals surface area contributed by atoms with E-state index in [1.165, 1.54) is 36.4 Å². The zero-order valence-corrected chi connectivity index (χ0v) is 22.3. The standard InChI is InChI=1S/C32H27F3N2O5/c33-32(34,35)27-14-8-7-13-23(27)18-28(36)29(38)37-26-16-24(30(39)41-19-21-9-3-1-4-10-21)15-25(17-26)31(40)42-20-22-11-5-2-6-12-22/h1-17,28H,18-20,36H2,(H,37,38). The summed E-state index contributed by atoms with van der Waals surface area (Å²) in [6.45, 7) is -0.0684. The summed E-state index contributed by atoms with van der Waals surface area (Å²) in [5, 5.41) is 2.50. The first kappa shape index (κ1) is 30.0. The Morgan fingerprint density at radius 1 is 0.714 bits per heavy atom. The molecule has 3 N–H and O–H groups in total. The van der Waals surface area contributed by atoms with E-state index in [1.54, 1.807) is 48.5 Å². The molecule has 1 amide bonds. The molecular weight excluding hydrogens is 549 g/mol. The first-order chi connectivity index (χ1) is 20.1. The summed E-state index contributed by atoms with van der Waals surface area (Å²) in [6, 6.07) is 25.2. The molecule has 0 saturated heterocycles. The van der Waals surface area contributed by atoms with Crippen LogP contribution in [0.15, 0.2) is 103 Å². The normalized spacial score (nSPS) is 11.8. The van der Waals surface area contributed by atoms with Gasteiger partial charge in [-0.15, -0.1) is 0 Å². The van der Waals surface area contributed by atoms with Crippen LogP contribution in [0.1, 0.15) is 43.0 Å². The number of nitrogens with one attached hydrogen (secondary N) is 1. The number of rotatable bonds is 10. The molecule has 0 aliphatic rings. The smallest absolute Gasteiger partial charge is 0.416 e. The SMILES string of the molecule is NC(Cc1ccccc1C(F)(F)F)C(=O)Nc1cc(C(=O)OCc2ccccc2)cc(C(=O)OCc2ccccc2)c1. The summed E-state index contributed by atoms with van der Waals surface area (Å²) < 4.78 is 51.0. The maximum atomic E-state index is 13.4. The van der Waals surface area contributed by atoms with Crippen molar-refractivity contribution < 1.29 is 37.0 Å². The number of alkyl halides is 3. The van der Waals surface area contributed by atoms with Crippen LogP contribution in [0, 0.1) is 0 Å². The summed E-state index contributed by atoms with van der Waals surface area (Å²) in [7, 11) is 0. The van der Waals surface area contributed by atoms with E-state index in [1.807, 2.05) is 12.1 Å². The molecule has 0 heterocycles. The summed E-state index contributed by atoms with van der Waals surface area (Å²) in [6.07, 6.45) is -5.01. The van der Waals surface area contributed by atoms with Crippen LogP contribution in [0.2, 0.25) is 0 Å². The van der Waals surface area contributed by atoms with Crippen molar-refractivity contribution in [3.63, 3.8) is 0 Å². The van der Waals surface area contributed by atoms with Gasteiger partial charge in [0.25, 0.3) is 0 Å². The van der Waals surface area contributed by atoms with E-state index in [4.69, 9.17) is 15.2 Å². The van der Waals surface area contributed by atoms with E-state index < -0.39 is 42.0 Å². The molecule has 0 aromatic heterocycles. The molecule has 0 fully saturated rings. The number of halogens is 3. The number of carbonyl (C=O) groups excluding carboxylic acids is 3. The number of nitrogens with two attached hydrogens (primary N) is 1. The van der Waals surface area contributed by atoms with E-state index in [-0.39, 0.29) is 35.6 Å². The van der Waals surface area contributed by atoms with Crippen LogP contribution >= 0.6 is 0 Å². The predicted molar refractivity (Wildman–Crippen MR) is 149 cm³/mol. The molecule has 42 heavy (non-hydrogen) atoms. The monoisotopic (exact) mass is 576 g/mol. The first-order valence-corrected chi connectivity index (χ1v) is 12.9. The van der Waals surface area contributed by atoms with Crippen LogP contribution in [-0.4, -0.2) is 23.9 Å². The zero-order chi connectivity index (χ0) is 30.1.